The monoisotopic (exact) mass is 800 g/mol. The molecule has 0 aromatic heterocycles. The highest BCUT2D eigenvalue weighted by Gasteiger charge is 2.74. The van der Waals surface area contributed by atoms with Crippen LogP contribution in [-0.2, 0) is 28.7 Å². The Balaban J connectivity index is 2.45. The van der Waals surface area contributed by atoms with Crippen LogP contribution in [0.25, 0.3) is 5.76 Å². The second-order valence-electron chi connectivity index (χ2n) is 17.1. The minimum absolute atomic E-state index is 0.0147. The summed E-state index contributed by atoms with van der Waals surface area (Å²) in [4.78, 5) is 69.9. The lowest BCUT2D eigenvalue weighted by Crippen LogP contribution is -2.70. The van der Waals surface area contributed by atoms with E-state index < -0.39 is 70.1 Å². The van der Waals surface area contributed by atoms with Crippen LogP contribution in [0.3, 0.4) is 0 Å². The highest BCUT2D eigenvalue weighted by atomic mass is 16.6. The van der Waals surface area contributed by atoms with E-state index in [1.165, 1.54) is 36.5 Å². The molecular weight excluding hydrogens is 737 g/mol. The molecule has 316 valence electrons. The van der Waals surface area contributed by atoms with Crippen molar-refractivity contribution in [2.75, 3.05) is 20.3 Å². The summed E-state index contributed by atoms with van der Waals surface area (Å²) >= 11 is 0. The van der Waals surface area contributed by atoms with Gasteiger partial charge in [-0.15, -0.1) is 0 Å². The van der Waals surface area contributed by atoms with Gasteiger partial charge in [-0.25, -0.2) is 9.59 Å². The van der Waals surface area contributed by atoms with Gasteiger partial charge in [-0.1, -0.05) is 65.2 Å². The molecule has 10 nitrogen and oxygen atoms in total. The number of aliphatic carboxylic acids is 1. The molecular formula is C48H64O10. The summed E-state index contributed by atoms with van der Waals surface area (Å²) < 4.78 is 15.7. The van der Waals surface area contributed by atoms with Crippen molar-refractivity contribution in [1.82, 2.24) is 0 Å². The predicted octanol–water partition coefficient (Wildman–Crippen LogP) is 10.2. The summed E-state index contributed by atoms with van der Waals surface area (Å²) in [6, 6.07) is 3.98. The molecule has 0 amide bonds. The molecule has 0 aliphatic heterocycles. The van der Waals surface area contributed by atoms with E-state index in [9.17, 15) is 19.8 Å². The van der Waals surface area contributed by atoms with Crippen molar-refractivity contribution in [3.05, 3.63) is 87.6 Å². The largest absolute Gasteiger partial charge is 0.506 e. The quantitative estimate of drug-likeness (QED) is 0.0345. The van der Waals surface area contributed by atoms with Crippen LogP contribution in [0.15, 0.2) is 82.0 Å². The van der Waals surface area contributed by atoms with E-state index in [-0.39, 0.29) is 42.2 Å². The number of carbonyl (C=O) groups is 5. The van der Waals surface area contributed by atoms with Crippen LogP contribution < -0.4 is 9.47 Å². The number of ketones is 3. The van der Waals surface area contributed by atoms with Gasteiger partial charge in [0.05, 0.1) is 12.5 Å². The molecule has 1 aromatic carbocycles. The van der Waals surface area contributed by atoms with Crippen LogP contribution >= 0.6 is 0 Å². The van der Waals surface area contributed by atoms with Crippen molar-refractivity contribution < 1.29 is 48.4 Å². The van der Waals surface area contributed by atoms with Gasteiger partial charge in [0, 0.05) is 5.56 Å². The normalized spacial score (nSPS) is 23.7. The summed E-state index contributed by atoms with van der Waals surface area (Å²) in [6.45, 7) is 18.6. The number of allylic oxidation sites excluding steroid dienone is 11. The number of ether oxygens (including phenoxy) is 3. The average molecular weight is 801 g/mol. The lowest BCUT2D eigenvalue weighted by atomic mass is 9.37. The first-order valence-electron chi connectivity index (χ1n) is 20.1. The summed E-state index contributed by atoms with van der Waals surface area (Å²) in [5, 5.41) is 21.5. The first kappa shape index (κ1) is 47.4. The molecule has 3 rings (SSSR count). The van der Waals surface area contributed by atoms with E-state index in [1.54, 1.807) is 0 Å². The second kappa shape index (κ2) is 20.1. The van der Waals surface area contributed by atoms with E-state index in [2.05, 4.69) is 39.0 Å². The van der Waals surface area contributed by atoms with Crippen molar-refractivity contribution in [3.8, 4) is 11.5 Å². The number of benzene rings is 1. The van der Waals surface area contributed by atoms with Crippen molar-refractivity contribution in [2.24, 2.45) is 22.2 Å². The number of carbonyl (C=O) groups excluding carboxylic acids is 4. The molecule has 1 aromatic rings. The zero-order valence-electron chi connectivity index (χ0n) is 36.4. The van der Waals surface area contributed by atoms with Crippen LogP contribution in [0.5, 0.6) is 11.5 Å². The molecule has 2 aliphatic rings. The highest BCUT2D eigenvalue weighted by Crippen LogP contribution is 2.67. The smallest absolute Gasteiger partial charge is 0.343 e. The number of aliphatic hydroxyl groups is 1. The van der Waals surface area contributed by atoms with Gasteiger partial charge in [-0.3, -0.25) is 14.4 Å². The number of carboxylic acids is 1. The Morgan fingerprint density at radius 3 is 1.93 bits per heavy atom. The highest BCUT2D eigenvalue weighted by molar-refractivity contribution is 6.41. The third-order valence-electron chi connectivity index (χ3n) is 11.7. The van der Waals surface area contributed by atoms with Gasteiger partial charge in [0.25, 0.3) is 0 Å². The van der Waals surface area contributed by atoms with E-state index in [0.29, 0.717) is 19.3 Å². The molecule has 2 N–H and O–H groups in total. The van der Waals surface area contributed by atoms with Crippen LogP contribution in [0.2, 0.25) is 0 Å². The molecule has 2 fully saturated rings. The number of hydrogen-bond acceptors (Lipinski definition) is 9. The summed E-state index contributed by atoms with van der Waals surface area (Å²) in [6.07, 6.45) is 14.0. The van der Waals surface area contributed by atoms with Crippen LogP contribution in [0, 0.1) is 22.2 Å². The van der Waals surface area contributed by atoms with Crippen LogP contribution in [-0.4, -0.2) is 59.8 Å². The lowest BCUT2D eigenvalue weighted by molar-refractivity contribution is -0.178. The maximum absolute atomic E-state index is 15.6. The van der Waals surface area contributed by atoms with E-state index >= 15 is 14.4 Å². The fourth-order valence-electron chi connectivity index (χ4n) is 8.33. The molecule has 58 heavy (non-hydrogen) atoms. The molecule has 10 heteroatoms. The maximum Gasteiger partial charge on any atom is 0.343 e. The number of methoxy groups -OCH3 is 1. The average Bonchev–Trinajstić information content (AvgIpc) is 3.14. The first-order valence-corrected chi connectivity index (χ1v) is 20.1. The lowest BCUT2D eigenvalue weighted by Gasteiger charge is -2.61. The molecule has 0 saturated heterocycles. The van der Waals surface area contributed by atoms with Gasteiger partial charge in [-0.2, -0.15) is 0 Å². The Morgan fingerprint density at radius 1 is 0.759 bits per heavy atom. The van der Waals surface area contributed by atoms with Crippen molar-refractivity contribution in [2.45, 2.75) is 121 Å². The Morgan fingerprint density at radius 2 is 1.34 bits per heavy atom. The minimum atomic E-state index is -1.71. The molecule has 0 radical (unpaired) electrons. The Kier molecular flexibility index (Phi) is 16.4. The van der Waals surface area contributed by atoms with E-state index in [0.717, 1.165) is 29.6 Å². The molecule has 0 unspecified atom stereocenters. The molecule has 0 spiro atoms. The van der Waals surface area contributed by atoms with Crippen LogP contribution in [0.1, 0.15) is 126 Å². The van der Waals surface area contributed by atoms with Gasteiger partial charge >= 0.3 is 11.9 Å². The first-order chi connectivity index (χ1) is 27.2. The molecule has 2 aliphatic carbocycles. The zero-order chi connectivity index (χ0) is 43.6. The third kappa shape index (κ3) is 10.5. The van der Waals surface area contributed by atoms with Gasteiger partial charge in [0.1, 0.15) is 16.7 Å². The fraction of sp³-hybridized carbons (Fsp3) is 0.521. The fourth-order valence-corrected chi connectivity index (χ4v) is 8.33. The summed E-state index contributed by atoms with van der Waals surface area (Å²) in [5.74, 6) is -4.91. The third-order valence-corrected chi connectivity index (χ3v) is 11.7. The second-order valence-corrected chi connectivity index (χ2v) is 17.1. The summed E-state index contributed by atoms with van der Waals surface area (Å²) in [5.41, 5.74) is 0.585. The van der Waals surface area contributed by atoms with Crippen molar-refractivity contribution >= 4 is 35.0 Å². The number of carboxylic acid groups (broad SMARTS) is 1. The van der Waals surface area contributed by atoms with Crippen molar-refractivity contribution in [3.63, 3.8) is 0 Å². The SMILES string of the molecule is COC(=O)COc1cc(/C(O)=C2\C(=O)[C@]3(CC=C(C)C)C[C@@H](C/C=C(\C)CCC=C(C)C)[C@](C)(CCC=C(C)C)[C@](CC=C(C)C)(C2=O)C3=O)ccc1OCC(=O)O. The number of rotatable bonds is 19. The number of aliphatic hydroxyl groups excluding tert-OH is 1. The number of hydrogen-bond donors (Lipinski definition) is 2. The number of fused-ring (bicyclic) bond motifs is 2. The minimum Gasteiger partial charge on any atom is -0.506 e. The maximum atomic E-state index is 15.6. The van der Waals surface area contributed by atoms with E-state index in [1.807, 2.05) is 60.6 Å². The zero-order valence-corrected chi connectivity index (χ0v) is 36.4. The number of Topliss-reactive ketones (excluding diaryl/α,β-unsaturated/α-hetero) is 3. The van der Waals surface area contributed by atoms with Gasteiger partial charge in [0.2, 0.25) is 0 Å². The molecule has 2 saturated carbocycles. The van der Waals surface area contributed by atoms with E-state index in [4.69, 9.17) is 14.2 Å². The van der Waals surface area contributed by atoms with Crippen LogP contribution in [0.4, 0.5) is 0 Å². The molecule has 4 atom stereocenters. The molecule has 2 bridgehead atoms. The standard InChI is InChI=1S/C48H64O10/c1-30(2)14-12-16-34(9)17-19-36-27-47(24-21-32(5)6)43(53)41(42(52)35-18-20-37(57-28-39(49)50)38(26-35)58-29-40(51)56-11)44(54)48(45(47)55,25-22-33(7)8)46(36,10)23-13-15-31(3)4/h14-15,17-18,20-22,26,36,52H,12-13,16,19,23-25,27-29H2,1-11H3,(H,49,50)/b34-17+,42-41-/t36-,46+,47+,48-/m1/s1. The Labute approximate surface area is 344 Å². The van der Waals surface area contributed by atoms with Crippen molar-refractivity contribution in [1.29, 1.82) is 0 Å². The Bertz CT molecular complexity index is 1940. The predicted molar refractivity (Wildman–Crippen MR) is 227 cm³/mol. The summed E-state index contributed by atoms with van der Waals surface area (Å²) in [7, 11) is 1.18. The number of esters is 1. The van der Waals surface area contributed by atoms with Gasteiger partial charge in [0.15, 0.2) is 42.1 Å². The van der Waals surface area contributed by atoms with Gasteiger partial charge in [-0.05, 0) is 143 Å². The Hall–Kier alpha value is -4.99. The topological polar surface area (TPSA) is 154 Å². The van der Waals surface area contributed by atoms with Gasteiger partial charge < -0.3 is 24.4 Å². The molecule has 0 heterocycles.